The molecule has 0 atom stereocenters. The summed E-state index contributed by atoms with van der Waals surface area (Å²) in [4.78, 5) is 34.4. The van der Waals surface area contributed by atoms with Crippen LogP contribution in [0.4, 0.5) is 0 Å². The van der Waals surface area contributed by atoms with E-state index in [1.807, 2.05) is 0 Å². The van der Waals surface area contributed by atoms with Gasteiger partial charge in [-0.1, -0.05) is 0 Å². The number of amides is 1. The molecule has 1 rings (SSSR count). The number of rotatable bonds is 7. The maximum atomic E-state index is 11.9. The van der Waals surface area contributed by atoms with Gasteiger partial charge < -0.3 is 15.2 Å². The lowest BCUT2D eigenvalue weighted by atomic mass is 10.0. The molecule has 6 nitrogen and oxygen atoms in total. The molecule has 1 amide bonds. The van der Waals surface area contributed by atoms with Crippen LogP contribution in [0, 0.1) is 0 Å². The second-order valence-electron chi connectivity index (χ2n) is 5.13. The molecule has 1 aromatic rings. The fraction of sp³-hybridized carbons (Fsp3) is 0.400. The molecule has 0 spiro atoms. The van der Waals surface area contributed by atoms with Crippen LogP contribution in [-0.2, 0) is 9.59 Å². The molecule has 1 aromatic carbocycles. The number of carboxylic acids is 1. The van der Waals surface area contributed by atoms with E-state index in [2.05, 4.69) is 5.32 Å². The van der Waals surface area contributed by atoms with Crippen molar-refractivity contribution in [2.45, 2.75) is 32.2 Å². The summed E-state index contributed by atoms with van der Waals surface area (Å²) < 4.78 is 4.99. The van der Waals surface area contributed by atoms with Gasteiger partial charge in [0.1, 0.15) is 11.3 Å². The second-order valence-corrected chi connectivity index (χ2v) is 5.13. The highest BCUT2D eigenvalue weighted by Crippen LogP contribution is 2.13. The zero-order valence-electron chi connectivity index (χ0n) is 12.3. The summed E-state index contributed by atoms with van der Waals surface area (Å²) in [6.07, 6.45) is -0.0323. The van der Waals surface area contributed by atoms with Crippen LogP contribution < -0.4 is 10.1 Å². The third-order valence-electron chi connectivity index (χ3n) is 2.98. The maximum absolute atomic E-state index is 11.9. The first-order valence-electron chi connectivity index (χ1n) is 6.48. The molecule has 0 aliphatic carbocycles. The Hall–Kier alpha value is -2.37. The first-order valence-corrected chi connectivity index (χ1v) is 6.48. The number of hydrogen-bond donors (Lipinski definition) is 2. The summed E-state index contributed by atoms with van der Waals surface area (Å²) in [5.41, 5.74) is -0.860. The van der Waals surface area contributed by atoms with Crippen LogP contribution >= 0.6 is 0 Å². The predicted octanol–water partition coefficient (Wildman–Crippen LogP) is 1.64. The Bertz CT molecular complexity index is 533. The molecule has 114 valence electrons. The highest BCUT2D eigenvalue weighted by Gasteiger charge is 2.28. The highest BCUT2D eigenvalue weighted by molar-refractivity contribution is 5.98. The molecule has 0 radical (unpaired) electrons. The molecule has 0 fully saturated rings. The third kappa shape index (κ3) is 4.91. The lowest BCUT2D eigenvalue weighted by Gasteiger charge is -2.20. The molecule has 0 heterocycles. The van der Waals surface area contributed by atoms with E-state index in [-0.39, 0.29) is 18.6 Å². The average Bonchev–Trinajstić information content (AvgIpc) is 2.44. The van der Waals surface area contributed by atoms with Gasteiger partial charge in [-0.05, 0) is 38.1 Å². The summed E-state index contributed by atoms with van der Waals surface area (Å²) in [6, 6.07) is 6.59. The average molecular weight is 293 g/mol. The van der Waals surface area contributed by atoms with Crippen LogP contribution in [0.25, 0.3) is 0 Å². The molecule has 0 aromatic heterocycles. The van der Waals surface area contributed by atoms with E-state index in [9.17, 15) is 14.4 Å². The van der Waals surface area contributed by atoms with E-state index >= 15 is 0 Å². The van der Waals surface area contributed by atoms with Crippen molar-refractivity contribution >= 4 is 17.7 Å². The van der Waals surface area contributed by atoms with E-state index in [0.717, 1.165) is 0 Å². The number of hydrogen-bond acceptors (Lipinski definition) is 4. The molecule has 0 aliphatic rings. The number of ether oxygens (including phenoxy) is 1. The third-order valence-corrected chi connectivity index (χ3v) is 2.98. The number of benzene rings is 1. The van der Waals surface area contributed by atoms with Crippen LogP contribution in [0.1, 0.15) is 37.0 Å². The maximum Gasteiger partial charge on any atom is 0.328 e. The first kappa shape index (κ1) is 16.7. The minimum atomic E-state index is -1.35. The van der Waals surface area contributed by atoms with Gasteiger partial charge in [0.25, 0.3) is 0 Å². The van der Waals surface area contributed by atoms with E-state index in [1.54, 1.807) is 24.3 Å². The van der Waals surface area contributed by atoms with Crippen molar-refractivity contribution in [2.75, 3.05) is 7.11 Å². The topological polar surface area (TPSA) is 92.7 Å². The van der Waals surface area contributed by atoms with E-state index in [1.165, 1.54) is 21.0 Å². The molecule has 2 N–H and O–H groups in total. The van der Waals surface area contributed by atoms with Crippen molar-refractivity contribution in [3.05, 3.63) is 29.8 Å². The SMILES string of the molecule is COc1ccc(C(=O)CCC(=O)NC(C)(C)C(=O)O)cc1. The second kappa shape index (κ2) is 6.88. The minimum Gasteiger partial charge on any atom is -0.497 e. The van der Waals surface area contributed by atoms with Crippen LogP contribution in [0.3, 0.4) is 0 Å². The van der Waals surface area contributed by atoms with Crippen LogP contribution in [0.2, 0.25) is 0 Å². The molecule has 0 bridgehead atoms. The monoisotopic (exact) mass is 293 g/mol. The van der Waals surface area contributed by atoms with Crippen molar-refractivity contribution in [2.24, 2.45) is 0 Å². The lowest BCUT2D eigenvalue weighted by Crippen LogP contribution is -2.49. The summed E-state index contributed by atoms with van der Waals surface area (Å²) in [6.45, 7) is 2.77. The van der Waals surface area contributed by atoms with Crippen LogP contribution in [0.15, 0.2) is 24.3 Å². The van der Waals surface area contributed by atoms with E-state index in [0.29, 0.717) is 11.3 Å². The number of nitrogens with one attached hydrogen (secondary N) is 1. The predicted molar refractivity (Wildman–Crippen MR) is 76.4 cm³/mol. The largest absolute Gasteiger partial charge is 0.497 e. The number of ketones is 1. The quantitative estimate of drug-likeness (QED) is 0.745. The number of methoxy groups -OCH3 is 1. The van der Waals surface area contributed by atoms with Gasteiger partial charge in [0, 0.05) is 18.4 Å². The van der Waals surface area contributed by atoms with Crippen molar-refractivity contribution in [1.29, 1.82) is 0 Å². The number of Topliss-reactive ketones (excluding diaryl/α,β-unsaturated/α-hetero) is 1. The Morgan fingerprint density at radius 1 is 1.14 bits per heavy atom. The Morgan fingerprint density at radius 2 is 1.71 bits per heavy atom. The Morgan fingerprint density at radius 3 is 2.19 bits per heavy atom. The van der Waals surface area contributed by atoms with Crippen molar-refractivity contribution in [3.63, 3.8) is 0 Å². The van der Waals surface area contributed by atoms with Gasteiger partial charge in [-0.3, -0.25) is 9.59 Å². The Labute approximate surface area is 123 Å². The molecule has 0 saturated heterocycles. The fourth-order valence-electron chi connectivity index (χ4n) is 1.61. The number of carbonyl (C=O) groups excluding carboxylic acids is 2. The fourth-order valence-corrected chi connectivity index (χ4v) is 1.61. The Kier molecular flexibility index (Phi) is 5.46. The molecule has 6 heteroatoms. The summed E-state index contributed by atoms with van der Waals surface area (Å²) >= 11 is 0. The molecule has 0 aliphatic heterocycles. The summed E-state index contributed by atoms with van der Waals surface area (Å²) in [5.74, 6) is -1.13. The van der Waals surface area contributed by atoms with E-state index < -0.39 is 17.4 Å². The van der Waals surface area contributed by atoms with Gasteiger partial charge >= 0.3 is 5.97 Å². The van der Waals surface area contributed by atoms with Gasteiger partial charge in [0.2, 0.25) is 5.91 Å². The van der Waals surface area contributed by atoms with Crippen LogP contribution in [-0.4, -0.2) is 35.4 Å². The zero-order valence-corrected chi connectivity index (χ0v) is 12.3. The zero-order chi connectivity index (χ0) is 16.0. The summed E-state index contributed by atoms with van der Waals surface area (Å²) in [7, 11) is 1.53. The van der Waals surface area contributed by atoms with Gasteiger partial charge in [-0.15, -0.1) is 0 Å². The van der Waals surface area contributed by atoms with Crippen molar-refractivity contribution < 1.29 is 24.2 Å². The Balaban J connectivity index is 2.52. The smallest absolute Gasteiger partial charge is 0.328 e. The van der Waals surface area contributed by atoms with Gasteiger partial charge in [0.15, 0.2) is 5.78 Å². The van der Waals surface area contributed by atoms with Crippen LogP contribution in [0.5, 0.6) is 5.75 Å². The van der Waals surface area contributed by atoms with Gasteiger partial charge in [-0.25, -0.2) is 4.79 Å². The van der Waals surface area contributed by atoms with Gasteiger partial charge in [-0.2, -0.15) is 0 Å². The number of aliphatic carboxylic acids is 1. The molecular formula is C15H19NO5. The normalized spacial score (nSPS) is 10.8. The lowest BCUT2D eigenvalue weighted by molar-refractivity contribution is -0.146. The van der Waals surface area contributed by atoms with Crippen molar-refractivity contribution in [1.82, 2.24) is 5.32 Å². The number of carboxylic acid groups (broad SMARTS) is 1. The van der Waals surface area contributed by atoms with Crippen molar-refractivity contribution in [3.8, 4) is 5.75 Å². The minimum absolute atomic E-state index is 0.0217. The molecule has 21 heavy (non-hydrogen) atoms. The molecule has 0 saturated carbocycles. The standard InChI is InChI=1S/C15H19NO5/c1-15(2,14(19)20)16-13(18)9-8-12(17)10-4-6-11(21-3)7-5-10/h4-7H,8-9H2,1-3H3,(H,16,18)(H,19,20). The van der Waals surface area contributed by atoms with E-state index in [4.69, 9.17) is 9.84 Å². The summed E-state index contributed by atoms with van der Waals surface area (Å²) in [5, 5.41) is 11.3. The molecule has 0 unspecified atom stereocenters. The first-order chi connectivity index (χ1) is 9.76. The van der Waals surface area contributed by atoms with Gasteiger partial charge in [0.05, 0.1) is 7.11 Å². The highest BCUT2D eigenvalue weighted by atomic mass is 16.5. The molecular weight excluding hydrogens is 274 g/mol. The number of carbonyl (C=O) groups is 3.